The van der Waals surface area contributed by atoms with Crippen LogP contribution in [0.1, 0.15) is 30.8 Å². The smallest absolute Gasteiger partial charge is 0.0641 e. The molecule has 0 saturated heterocycles. The molecule has 0 aliphatic heterocycles. The summed E-state index contributed by atoms with van der Waals surface area (Å²) in [6.07, 6.45) is 0. The second-order valence-corrected chi connectivity index (χ2v) is 4.20. The van der Waals surface area contributed by atoms with Crippen LogP contribution in [-0.4, -0.2) is 29.5 Å². The minimum absolute atomic E-state index is 0.369. The Hall–Kier alpha value is -0.870. The molecular weight excluding hydrogens is 202 g/mol. The Morgan fingerprint density at radius 2 is 2.12 bits per heavy atom. The van der Waals surface area contributed by atoms with E-state index in [-0.39, 0.29) is 0 Å². The molecule has 0 aromatic carbocycles. The Bertz CT molecular complexity index is 333. The van der Waals surface area contributed by atoms with E-state index in [2.05, 4.69) is 38.1 Å². The molecule has 0 spiro atoms. The van der Waals surface area contributed by atoms with E-state index in [1.165, 1.54) is 11.3 Å². The van der Waals surface area contributed by atoms with Crippen molar-refractivity contribution in [2.45, 2.75) is 46.8 Å². The average Bonchev–Trinajstić information content (AvgIpc) is 2.52. The molecule has 0 aliphatic rings. The summed E-state index contributed by atoms with van der Waals surface area (Å²) in [5.41, 5.74) is 3.69. The van der Waals surface area contributed by atoms with Crippen LogP contribution in [0.3, 0.4) is 0 Å². The fraction of sp³-hybridized carbons (Fsp3) is 0.750. The van der Waals surface area contributed by atoms with Gasteiger partial charge in [-0.2, -0.15) is 5.10 Å². The highest BCUT2D eigenvalue weighted by Crippen LogP contribution is 2.12. The van der Waals surface area contributed by atoms with Crippen molar-refractivity contribution in [2.75, 3.05) is 13.7 Å². The van der Waals surface area contributed by atoms with Gasteiger partial charge < -0.3 is 10.1 Å². The molecule has 1 heterocycles. The lowest BCUT2D eigenvalue weighted by Gasteiger charge is -2.12. The van der Waals surface area contributed by atoms with Gasteiger partial charge in [-0.1, -0.05) is 0 Å². The molecule has 0 fully saturated rings. The van der Waals surface area contributed by atoms with Crippen LogP contribution in [0.5, 0.6) is 0 Å². The van der Waals surface area contributed by atoms with Crippen LogP contribution in [-0.2, 0) is 17.8 Å². The molecule has 0 bridgehead atoms. The van der Waals surface area contributed by atoms with Crippen LogP contribution in [0.4, 0.5) is 0 Å². The van der Waals surface area contributed by atoms with E-state index in [1.54, 1.807) is 7.11 Å². The van der Waals surface area contributed by atoms with Gasteiger partial charge in [0.2, 0.25) is 0 Å². The van der Waals surface area contributed by atoms with E-state index in [0.29, 0.717) is 6.04 Å². The molecule has 0 aliphatic carbocycles. The van der Waals surface area contributed by atoms with E-state index in [9.17, 15) is 0 Å². The van der Waals surface area contributed by atoms with Crippen LogP contribution in [0.25, 0.3) is 0 Å². The summed E-state index contributed by atoms with van der Waals surface area (Å²) in [5, 5.41) is 7.94. The minimum atomic E-state index is 0.369. The number of aromatic nitrogens is 2. The fourth-order valence-electron chi connectivity index (χ4n) is 1.88. The predicted octanol–water partition coefficient (Wildman–Crippen LogP) is 1.64. The lowest BCUT2D eigenvalue weighted by molar-refractivity contribution is 0.171. The maximum Gasteiger partial charge on any atom is 0.0641 e. The normalized spacial score (nSPS) is 13.1. The van der Waals surface area contributed by atoms with Gasteiger partial charge in [-0.3, -0.25) is 4.68 Å². The zero-order valence-electron chi connectivity index (χ0n) is 11.0. The van der Waals surface area contributed by atoms with Gasteiger partial charge >= 0.3 is 0 Å². The van der Waals surface area contributed by atoms with Crippen molar-refractivity contribution in [3.8, 4) is 0 Å². The summed E-state index contributed by atoms with van der Waals surface area (Å²) >= 11 is 0. The van der Waals surface area contributed by atoms with Gasteiger partial charge in [0, 0.05) is 37.5 Å². The summed E-state index contributed by atoms with van der Waals surface area (Å²) in [5.74, 6) is 0. The second-order valence-electron chi connectivity index (χ2n) is 4.20. The Morgan fingerprint density at radius 3 is 2.62 bits per heavy atom. The second kappa shape index (κ2) is 6.01. The summed E-state index contributed by atoms with van der Waals surface area (Å²) in [6, 6.07) is 0.369. The number of nitrogens with zero attached hydrogens (tertiary/aromatic N) is 2. The number of aryl methyl sites for hydroxylation is 2. The minimum Gasteiger partial charge on any atom is -0.383 e. The van der Waals surface area contributed by atoms with Gasteiger partial charge in [0.1, 0.15) is 0 Å². The van der Waals surface area contributed by atoms with Crippen LogP contribution >= 0.6 is 0 Å². The highest BCUT2D eigenvalue weighted by atomic mass is 16.5. The number of hydrogen-bond donors (Lipinski definition) is 1. The van der Waals surface area contributed by atoms with Crippen molar-refractivity contribution in [2.24, 2.45) is 0 Å². The van der Waals surface area contributed by atoms with E-state index in [4.69, 9.17) is 4.74 Å². The molecule has 1 atom stereocenters. The maximum atomic E-state index is 5.10. The molecule has 4 nitrogen and oxygen atoms in total. The molecule has 0 radical (unpaired) electrons. The third kappa shape index (κ3) is 3.06. The summed E-state index contributed by atoms with van der Waals surface area (Å²) < 4.78 is 7.14. The number of nitrogens with one attached hydrogen (secondary N) is 1. The van der Waals surface area contributed by atoms with E-state index in [1.807, 2.05) is 4.68 Å². The number of ether oxygens (including phenoxy) is 1. The molecule has 1 N–H and O–H groups in total. The lowest BCUT2D eigenvalue weighted by Crippen LogP contribution is -2.29. The Kier molecular flexibility index (Phi) is 4.96. The Balaban J connectivity index is 2.63. The van der Waals surface area contributed by atoms with E-state index >= 15 is 0 Å². The molecule has 1 rings (SSSR count). The molecule has 92 valence electrons. The molecule has 1 aromatic rings. The third-order valence-electron chi connectivity index (χ3n) is 2.87. The van der Waals surface area contributed by atoms with Gasteiger partial charge in [0.25, 0.3) is 0 Å². The third-order valence-corrected chi connectivity index (χ3v) is 2.87. The van der Waals surface area contributed by atoms with Gasteiger partial charge in [-0.25, -0.2) is 0 Å². The summed E-state index contributed by atoms with van der Waals surface area (Å²) in [7, 11) is 1.73. The SMILES string of the molecule is CCn1nc(C)c(CNC(C)COC)c1C. The zero-order valence-corrected chi connectivity index (χ0v) is 11.0. The summed E-state index contributed by atoms with van der Waals surface area (Å²) in [6.45, 7) is 11.0. The van der Waals surface area contributed by atoms with E-state index < -0.39 is 0 Å². The molecule has 0 amide bonds. The fourth-order valence-corrected chi connectivity index (χ4v) is 1.88. The number of hydrogen-bond acceptors (Lipinski definition) is 3. The van der Waals surface area contributed by atoms with Crippen molar-refractivity contribution in [3.05, 3.63) is 17.0 Å². The summed E-state index contributed by atoms with van der Waals surface area (Å²) in [4.78, 5) is 0. The lowest BCUT2D eigenvalue weighted by atomic mass is 10.2. The molecule has 4 heteroatoms. The Labute approximate surface area is 98.0 Å². The van der Waals surface area contributed by atoms with Crippen molar-refractivity contribution < 1.29 is 4.74 Å². The van der Waals surface area contributed by atoms with Crippen LogP contribution in [0.2, 0.25) is 0 Å². The van der Waals surface area contributed by atoms with Crippen LogP contribution < -0.4 is 5.32 Å². The maximum absolute atomic E-state index is 5.10. The number of rotatable bonds is 6. The first-order valence-corrected chi connectivity index (χ1v) is 5.85. The highest BCUT2D eigenvalue weighted by molar-refractivity contribution is 5.24. The first kappa shape index (κ1) is 13.2. The highest BCUT2D eigenvalue weighted by Gasteiger charge is 2.11. The number of methoxy groups -OCH3 is 1. The first-order chi connectivity index (χ1) is 7.60. The monoisotopic (exact) mass is 225 g/mol. The standard InChI is InChI=1S/C12H23N3O/c1-6-15-11(4)12(10(3)14-15)7-13-9(2)8-16-5/h9,13H,6-8H2,1-5H3. The van der Waals surface area contributed by atoms with Gasteiger partial charge in [-0.15, -0.1) is 0 Å². The molecule has 16 heavy (non-hydrogen) atoms. The Morgan fingerprint density at radius 1 is 1.44 bits per heavy atom. The van der Waals surface area contributed by atoms with Gasteiger partial charge in [0.15, 0.2) is 0 Å². The van der Waals surface area contributed by atoms with Crippen molar-refractivity contribution in [1.29, 1.82) is 0 Å². The predicted molar refractivity (Wildman–Crippen MR) is 65.6 cm³/mol. The van der Waals surface area contributed by atoms with Crippen LogP contribution in [0.15, 0.2) is 0 Å². The molecular formula is C12H23N3O. The first-order valence-electron chi connectivity index (χ1n) is 5.85. The van der Waals surface area contributed by atoms with E-state index in [0.717, 1.165) is 25.4 Å². The van der Waals surface area contributed by atoms with Gasteiger partial charge in [0.05, 0.1) is 12.3 Å². The molecule has 1 aromatic heterocycles. The van der Waals surface area contributed by atoms with Crippen LogP contribution in [0, 0.1) is 13.8 Å². The topological polar surface area (TPSA) is 39.1 Å². The van der Waals surface area contributed by atoms with Crippen molar-refractivity contribution >= 4 is 0 Å². The van der Waals surface area contributed by atoms with Crippen molar-refractivity contribution in [1.82, 2.24) is 15.1 Å². The molecule has 1 unspecified atom stereocenters. The van der Waals surface area contributed by atoms with Gasteiger partial charge in [-0.05, 0) is 27.7 Å². The zero-order chi connectivity index (χ0) is 12.1. The largest absolute Gasteiger partial charge is 0.383 e. The molecule has 0 saturated carbocycles. The average molecular weight is 225 g/mol. The quantitative estimate of drug-likeness (QED) is 0.800. The van der Waals surface area contributed by atoms with Crippen molar-refractivity contribution in [3.63, 3.8) is 0 Å².